The van der Waals surface area contributed by atoms with Gasteiger partial charge in [-0.2, -0.15) is 18.4 Å². The van der Waals surface area contributed by atoms with Crippen LogP contribution in [0.4, 0.5) is 13.2 Å². The summed E-state index contributed by atoms with van der Waals surface area (Å²) in [6.45, 7) is 0.651. The number of halogens is 5. The molecule has 2 heterocycles. The molecule has 3 rings (SSSR count). The van der Waals surface area contributed by atoms with Crippen LogP contribution < -0.4 is 10.6 Å². The molecule has 0 spiro atoms. The Morgan fingerprint density at radius 2 is 2.03 bits per heavy atom. The van der Waals surface area contributed by atoms with Crippen LogP contribution >= 0.6 is 23.2 Å². The predicted octanol–water partition coefficient (Wildman–Crippen LogP) is 4.03. The van der Waals surface area contributed by atoms with Gasteiger partial charge < -0.3 is 15.6 Å². The number of benzene rings is 1. The first-order chi connectivity index (χ1) is 17.1. The van der Waals surface area contributed by atoms with E-state index in [2.05, 4.69) is 20.6 Å². The van der Waals surface area contributed by atoms with Gasteiger partial charge in [-0.05, 0) is 30.2 Å². The van der Waals surface area contributed by atoms with Crippen molar-refractivity contribution in [1.82, 2.24) is 20.5 Å². The van der Waals surface area contributed by atoms with Crippen molar-refractivity contribution in [1.29, 1.82) is 10.7 Å². The molecule has 1 unspecified atom stereocenters. The summed E-state index contributed by atoms with van der Waals surface area (Å²) in [5, 5.41) is 23.5. The number of nitrogens with zero attached hydrogens (tertiary/aromatic N) is 4. The molecule has 0 bridgehead atoms. The Labute approximate surface area is 215 Å². The summed E-state index contributed by atoms with van der Waals surface area (Å²) < 4.78 is 38.4. The zero-order chi connectivity index (χ0) is 26.3. The average molecular weight is 540 g/mol. The maximum absolute atomic E-state index is 12.8. The van der Waals surface area contributed by atoms with Gasteiger partial charge in [-0.25, -0.2) is 4.99 Å². The van der Waals surface area contributed by atoms with E-state index in [1.54, 1.807) is 35.4 Å². The Balaban J connectivity index is 1.71. The molecule has 1 aliphatic rings. The van der Waals surface area contributed by atoms with E-state index < -0.39 is 17.8 Å². The molecule has 3 N–H and O–H groups in total. The van der Waals surface area contributed by atoms with Crippen molar-refractivity contribution in [2.24, 2.45) is 4.99 Å². The number of carbonyl (C=O) groups is 1. The lowest BCUT2D eigenvalue weighted by Gasteiger charge is -2.27. The van der Waals surface area contributed by atoms with Gasteiger partial charge in [-0.1, -0.05) is 35.3 Å². The highest BCUT2D eigenvalue weighted by Crippen LogP contribution is 2.31. The number of guanidine groups is 1. The van der Waals surface area contributed by atoms with Crippen LogP contribution in [0.5, 0.6) is 0 Å². The van der Waals surface area contributed by atoms with Gasteiger partial charge in [-0.15, -0.1) is 0 Å². The van der Waals surface area contributed by atoms with Gasteiger partial charge in [-0.3, -0.25) is 15.1 Å². The van der Waals surface area contributed by atoms with Crippen LogP contribution in [0.1, 0.15) is 29.7 Å². The Hall–Kier alpha value is -3.36. The van der Waals surface area contributed by atoms with Crippen molar-refractivity contribution >= 4 is 40.8 Å². The summed E-state index contributed by atoms with van der Waals surface area (Å²) in [6, 6.07) is 6.84. The highest BCUT2D eigenvalue weighted by Gasteiger charge is 2.32. The van der Waals surface area contributed by atoms with E-state index in [9.17, 15) is 18.0 Å². The fraction of sp³-hybridized carbons (Fsp3) is 0.348. The number of rotatable bonds is 8. The normalized spacial score (nSPS) is 14.9. The first-order valence-electron chi connectivity index (χ1n) is 10.9. The van der Waals surface area contributed by atoms with Crippen LogP contribution in [0.15, 0.2) is 41.5 Å². The molecule has 36 heavy (non-hydrogen) atoms. The van der Waals surface area contributed by atoms with Gasteiger partial charge in [0.1, 0.15) is 0 Å². The SMILES string of the molecule is N#CNC(=NCC(C(=N)c1ccc(Cl)cc1)N1CCCC1=O)NCCc1ncc(C(F)(F)F)cc1Cl. The van der Waals surface area contributed by atoms with E-state index in [1.165, 1.54) is 0 Å². The molecule has 2 aromatic rings. The fourth-order valence-corrected chi connectivity index (χ4v) is 4.03. The number of amides is 1. The zero-order valence-corrected chi connectivity index (χ0v) is 20.4. The Morgan fingerprint density at radius 3 is 2.61 bits per heavy atom. The molecule has 0 radical (unpaired) electrons. The van der Waals surface area contributed by atoms with Crippen molar-refractivity contribution in [3.63, 3.8) is 0 Å². The summed E-state index contributed by atoms with van der Waals surface area (Å²) in [5.41, 5.74) is 0.0783. The second-order valence-corrected chi connectivity index (χ2v) is 8.72. The first kappa shape index (κ1) is 27.2. The molecule has 8 nitrogen and oxygen atoms in total. The monoisotopic (exact) mass is 539 g/mol. The zero-order valence-electron chi connectivity index (χ0n) is 18.9. The van der Waals surface area contributed by atoms with E-state index in [-0.39, 0.29) is 47.8 Å². The molecule has 1 amide bonds. The number of nitrogens with one attached hydrogen (secondary N) is 3. The third-order valence-electron chi connectivity index (χ3n) is 5.47. The number of aromatic nitrogens is 1. The van der Waals surface area contributed by atoms with E-state index in [4.69, 9.17) is 33.9 Å². The lowest BCUT2D eigenvalue weighted by Crippen LogP contribution is -2.45. The Bertz CT molecular complexity index is 1180. The molecular weight excluding hydrogens is 518 g/mol. The first-order valence-corrected chi connectivity index (χ1v) is 11.6. The number of hydrogen-bond acceptors (Lipinski definition) is 5. The predicted molar refractivity (Wildman–Crippen MR) is 130 cm³/mol. The van der Waals surface area contributed by atoms with Gasteiger partial charge in [0.15, 0.2) is 6.19 Å². The third kappa shape index (κ3) is 7.08. The minimum Gasteiger partial charge on any atom is -0.355 e. The molecule has 1 aromatic heterocycles. The quantitative estimate of drug-likeness (QED) is 0.202. The number of hydrogen-bond donors (Lipinski definition) is 3. The topological polar surface area (TPSA) is 117 Å². The summed E-state index contributed by atoms with van der Waals surface area (Å²) in [6.07, 6.45) is -0.844. The molecule has 1 saturated heterocycles. The highest BCUT2D eigenvalue weighted by atomic mass is 35.5. The van der Waals surface area contributed by atoms with Crippen LogP contribution in [0.3, 0.4) is 0 Å². The highest BCUT2D eigenvalue weighted by molar-refractivity contribution is 6.31. The van der Waals surface area contributed by atoms with E-state index in [0.29, 0.717) is 36.2 Å². The number of alkyl halides is 3. The number of nitriles is 1. The molecule has 0 aliphatic carbocycles. The standard InChI is InChI=1S/C23H22Cl2F3N7O/c24-16-5-3-14(4-6-16)21(30)19(35-9-1-2-20(35)36)12-33-22(34-13-29)31-8-7-18-17(25)10-15(11-32-18)23(26,27)28/h3-6,10-11,19,30H,1-2,7-9,12H2,(H2,31,33,34). The number of aliphatic imine (C=N–C) groups is 1. The number of likely N-dealkylation sites (tertiary alicyclic amines) is 1. The van der Waals surface area contributed by atoms with Crippen LogP contribution in [0, 0.1) is 16.9 Å². The van der Waals surface area contributed by atoms with Gasteiger partial charge in [0.05, 0.1) is 34.6 Å². The fourth-order valence-electron chi connectivity index (χ4n) is 3.64. The Kier molecular flexibility index (Phi) is 9.12. The Morgan fingerprint density at radius 1 is 1.31 bits per heavy atom. The smallest absolute Gasteiger partial charge is 0.355 e. The van der Waals surface area contributed by atoms with Crippen LogP contribution in [-0.2, 0) is 17.4 Å². The van der Waals surface area contributed by atoms with Crippen LogP contribution in [-0.4, -0.2) is 53.1 Å². The molecule has 190 valence electrons. The van der Waals surface area contributed by atoms with Gasteiger partial charge in [0.2, 0.25) is 11.9 Å². The summed E-state index contributed by atoms with van der Waals surface area (Å²) >= 11 is 11.9. The lowest BCUT2D eigenvalue weighted by atomic mass is 10.0. The van der Waals surface area contributed by atoms with Crippen LogP contribution in [0.25, 0.3) is 0 Å². The number of pyridine rings is 1. The van der Waals surface area contributed by atoms with E-state index in [1.807, 2.05) is 0 Å². The van der Waals surface area contributed by atoms with Gasteiger partial charge >= 0.3 is 6.18 Å². The van der Waals surface area contributed by atoms with Crippen LogP contribution in [0.2, 0.25) is 10.0 Å². The van der Waals surface area contributed by atoms with Crippen molar-refractivity contribution < 1.29 is 18.0 Å². The molecule has 1 fully saturated rings. The maximum atomic E-state index is 12.8. The molecule has 13 heteroatoms. The molecular formula is C23H22Cl2F3N7O. The second kappa shape index (κ2) is 12.1. The van der Waals surface area contributed by atoms with Gasteiger partial charge in [0.25, 0.3) is 0 Å². The minimum atomic E-state index is -4.54. The minimum absolute atomic E-state index is 0.00347. The lowest BCUT2D eigenvalue weighted by molar-refractivity contribution is -0.137. The summed E-state index contributed by atoms with van der Waals surface area (Å²) in [5.74, 6) is 0.000714. The molecule has 1 atom stereocenters. The van der Waals surface area contributed by atoms with Gasteiger partial charge in [0, 0.05) is 37.2 Å². The van der Waals surface area contributed by atoms with E-state index in [0.717, 1.165) is 6.07 Å². The average Bonchev–Trinajstić information content (AvgIpc) is 3.25. The third-order valence-corrected chi connectivity index (χ3v) is 6.05. The van der Waals surface area contributed by atoms with E-state index >= 15 is 0 Å². The number of carbonyl (C=O) groups excluding carboxylic acids is 1. The second-order valence-electron chi connectivity index (χ2n) is 7.88. The van der Waals surface area contributed by atoms with Crippen molar-refractivity contribution in [3.05, 3.63) is 63.4 Å². The van der Waals surface area contributed by atoms with Crippen molar-refractivity contribution in [2.45, 2.75) is 31.5 Å². The molecule has 1 aliphatic heterocycles. The largest absolute Gasteiger partial charge is 0.417 e. The molecule has 1 aromatic carbocycles. The summed E-state index contributed by atoms with van der Waals surface area (Å²) in [7, 11) is 0. The van der Waals surface area contributed by atoms with Crippen molar-refractivity contribution in [2.75, 3.05) is 19.6 Å². The maximum Gasteiger partial charge on any atom is 0.417 e. The van der Waals surface area contributed by atoms with Crippen molar-refractivity contribution in [3.8, 4) is 6.19 Å². The molecule has 0 saturated carbocycles. The summed E-state index contributed by atoms with van der Waals surface area (Å²) in [4.78, 5) is 22.2.